The minimum atomic E-state index is 0.479. The van der Waals surface area contributed by atoms with Crippen LogP contribution in [0.1, 0.15) is 0 Å². The molecule has 0 aliphatic rings. The summed E-state index contributed by atoms with van der Waals surface area (Å²) in [6.07, 6.45) is 1.67. The topological polar surface area (TPSA) is 30.7 Å². The number of aromatic nitrogens is 3. The first-order valence-corrected chi connectivity index (χ1v) is 4.50. The molecule has 3 nitrogen and oxygen atoms in total. The minimum absolute atomic E-state index is 0.479. The standard InChI is InChI=1S/C7H5BrClN3/c1-12-4-2-3-10-7(9)5(4)6(8)11-12/h2-3H,1H3. The van der Waals surface area contributed by atoms with Crippen molar-refractivity contribution >= 4 is 38.4 Å². The van der Waals surface area contributed by atoms with Gasteiger partial charge in [0.05, 0.1) is 10.9 Å². The van der Waals surface area contributed by atoms with E-state index in [4.69, 9.17) is 11.6 Å². The van der Waals surface area contributed by atoms with Gasteiger partial charge in [-0.2, -0.15) is 5.10 Å². The molecule has 2 heterocycles. The number of rotatable bonds is 0. The van der Waals surface area contributed by atoms with Gasteiger partial charge >= 0.3 is 0 Å². The molecule has 0 N–H and O–H groups in total. The van der Waals surface area contributed by atoms with Crippen molar-refractivity contribution in [2.45, 2.75) is 0 Å². The molecule has 2 aromatic rings. The highest BCUT2D eigenvalue weighted by Crippen LogP contribution is 2.27. The molecule has 0 aliphatic carbocycles. The molecular weight excluding hydrogens is 241 g/mol. The van der Waals surface area contributed by atoms with Crippen LogP contribution in [0, 0.1) is 0 Å². The van der Waals surface area contributed by atoms with Crippen LogP contribution in [0.15, 0.2) is 16.9 Å². The molecule has 0 saturated heterocycles. The van der Waals surface area contributed by atoms with Crippen LogP contribution < -0.4 is 0 Å². The lowest BCUT2D eigenvalue weighted by molar-refractivity contribution is 0.788. The summed E-state index contributed by atoms with van der Waals surface area (Å²) < 4.78 is 2.49. The first-order valence-electron chi connectivity index (χ1n) is 3.33. The van der Waals surface area contributed by atoms with Crippen LogP contribution in [0.2, 0.25) is 5.15 Å². The fourth-order valence-corrected chi connectivity index (χ4v) is 2.11. The van der Waals surface area contributed by atoms with Gasteiger partial charge in [0.2, 0.25) is 0 Å². The van der Waals surface area contributed by atoms with Gasteiger partial charge in [0.1, 0.15) is 9.76 Å². The number of hydrogen-bond donors (Lipinski definition) is 0. The van der Waals surface area contributed by atoms with Crippen LogP contribution in [0.3, 0.4) is 0 Å². The van der Waals surface area contributed by atoms with Crippen LogP contribution >= 0.6 is 27.5 Å². The fourth-order valence-electron chi connectivity index (χ4n) is 1.12. The van der Waals surface area contributed by atoms with E-state index in [1.54, 1.807) is 10.9 Å². The number of fused-ring (bicyclic) bond motifs is 1. The Hall–Kier alpha value is -0.610. The summed E-state index contributed by atoms with van der Waals surface area (Å²) in [6.45, 7) is 0. The number of nitrogens with zero attached hydrogens (tertiary/aromatic N) is 3. The van der Waals surface area contributed by atoms with E-state index in [0.717, 1.165) is 15.5 Å². The van der Waals surface area contributed by atoms with E-state index in [1.165, 1.54) is 0 Å². The molecule has 62 valence electrons. The van der Waals surface area contributed by atoms with Gasteiger partial charge in [-0.05, 0) is 22.0 Å². The molecule has 5 heteroatoms. The van der Waals surface area contributed by atoms with Crippen LogP contribution in [0.25, 0.3) is 10.9 Å². The van der Waals surface area contributed by atoms with E-state index >= 15 is 0 Å². The summed E-state index contributed by atoms with van der Waals surface area (Å²) in [7, 11) is 1.86. The van der Waals surface area contributed by atoms with E-state index in [9.17, 15) is 0 Å². The second-order valence-electron chi connectivity index (χ2n) is 2.41. The van der Waals surface area contributed by atoms with Crippen molar-refractivity contribution < 1.29 is 0 Å². The normalized spacial score (nSPS) is 10.9. The number of halogens is 2. The summed E-state index contributed by atoms with van der Waals surface area (Å²) in [4.78, 5) is 3.96. The number of hydrogen-bond acceptors (Lipinski definition) is 2. The van der Waals surface area contributed by atoms with E-state index in [1.807, 2.05) is 13.1 Å². The van der Waals surface area contributed by atoms with Gasteiger partial charge in [-0.15, -0.1) is 0 Å². The van der Waals surface area contributed by atoms with E-state index in [0.29, 0.717) is 5.15 Å². The van der Waals surface area contributed by atoms with Crippen molar-refractivity contribution in [1.82, 2.24) is 14.8 Å². The second-order valence-corrected chi connectivity index (χ2v) is 3.52. The molecule has 0 amide bonds. The summed E-state index contributed by atoms with van der Waals surface area (Å²) >= 11 is 9.19. The average molecular weight is 246 g/mol. The predicted molar refractivity (Wildman–Crippen MR) is 51.2 cm³/mol. The van der Waals surface area contributed by atoms with Gasteiger partial charge < -0.3 is 0 Å². The van der Waals surface area contributed by atoms with Crippen LogP contribution in [-0.4, -0.2) is 14.8 Å². The molecule has 0 aromatic carbocycles. The molecule has 0 radical (unpaired) electrons. The van der Waals surface area contributed by atoms with Gasteiger partial charge in [0.15, 0.2) is 0 Å². The Morgan fingerprint density at radius 3 is 3.00 bits per heavy atom. The molecule has 12 heavy (non-hydrogen) atoms. The van der Waals surface area contributed by atoms with Crippen molar-refractivity contribution in [3.8, 4) is 0 Å². The summed E-state index contributed by atoms with van der Waals surface area (Å²) in [6, 6.07) is 1.87. The van der Waals surface area contributed by atoms with Gasteiger partial charge in [-0.3, -0.25) is 4.68 Å². The monoisotopic (exact) mass is 245 g/mol. The van der Waals surface area contributed by atoms with E-state index < -0.39 is 0 Å². The Kier molecular flexibility index (Phi) is 1.81. The molecule has 2 rings (SSSR count). The lowest BCUT2D eigenvalue weighted by Crippen LogP contribution is -1.88. The zero-order chi connectivity index (χ0) is 8.72. The third kappa shape index (κ3) is 1.03. The largest absolute Gasteiger partial charge is 0.267 e. The number of aryl methyl sites for hydroxylation is 1. The number of pyridine rings is 1. The van der Waals surface area contributed by atoms with Gasteiger partial charge in [-0.25, -0.2) is 4.98 Å². The van der Waals surface area contributed by atoms with Gasteiger partial charge in [0.25, 0.3) is 0 Å². The maximum Gasteiger partial charge on any atom is 0.141 e. The first kappa shape index (κ1) is 8.01. The lowest BCUT2D eigenvalue weighted by Gasteiger charge is -1.92. The highest BCUT2D eigenvalue weighted by atomic mass is 79.9. The fraction of sp³-hybridized carbons (Fsp3) is 0.143. The first-order chi connectivity index (χ1) is 5.70. The molecule has 0 bridgehead atoms. The third-order valence-corrected chi connectivity index (χ3v) is 2.52. The van der Waals surface area contributed by atoms with Crippen molar-refractivity contribution in [3.63, 3.8) is 0 Å². The Morgan fingerprint density at radius 1 is 1.58 bits per heavy atom. The lowest BCUT2D eigenvalue weighted by atomic mass is 10.3. The Labute approximate surface area is 82.5 Å². The van der Waals surface area contributed by atoms with Crippen molar-refractivity contribution in [2.24, 2.45) is 7.05 Å². The summed E-state index contributed by atoms with van der Waals surface area (Å²) in [5, 5.41) is 5.50. The molecule has 0 spiro atoms. The highest BCUT2D eigenvalue weighted by Gasteiger charge is 2.09. The highest BCUT2D eigenvalue weighted by molar-refractivity contribution is 9.10. The van der Waals surface area contributed by atoms with Crippen LogP contribution in [0.5, 0.6) is 0 Å². The molecule has 2 aromatic heterocycles. The summed E-state index contributed by atoms with van der Waals surface area (Å²) in [5.74, 6) is 0. The van der Waals surface area contributed by atoms with Crippen LogP contribution in [-0.2, 0) is 7.05 Å². The smallest absolute Gasteiger partial charge is 0.141 e. The van der Waals surface area contributed by atoms with Crippen molar-refractivity contribution in [2.75, 3.05) is 0 Å². The molecule has 0 fully saturated rings. The zero-order valence-electron chi connectivity index (χ0n) is 6.25. The van der Waals surface area contributed by atoms with Gasteiger partial charge in [0, 0.05) is 13.2 Å². The SMILES string of the molecule is Cn1nc(Br)c2c(Cl)nccc21. The Balaban J connectivity index is 2.99. The minimum Gasteiger partial charge on any atom is -0.267 e. The Morgan fingerprint density at radius 2 is 2.33 bits per heavy atom. The van der Waals surface area contributed by atoms with Crippen molar-refractivity contribution in [3.05, 3.63) is 22.0 Å². The predicted octanol–water partition coefficient (Wildman–Crippen LogP) is 2.38. The molecule has 0 atom stereocenters. The summed E-state index contributed by atoms with van der Waals surface area (Å²) in [5.41, 5.74) is 0.974. The molecular formula is C7H5BrClN3. The quantitative estimate of drug-likeness (QED) is 0.668. The molecule has 0 unspecified atom stereocenters. The zero-order valence-corrected chi connectivity index (χ0v) is 8.59. The maximum absolute atomic E-state index is 5.88. The maximum atomic E-state index is 5.88. The van der Waals surface area contributed by atoms with E-state index in [2.05, 4.69) is 26.0 Å². The molecule has 0 aliphatic heterocycles. The van der Waals surface area contributed by atoms with E-state index in [-0.39, 0.29) is 0 Å². The van der Waals surface area contributed by atoms with Gasteiger partial charge in [-0.1, -0.05) is 11.6 Å². The van der Waals surface area contributed by atoms with Crippen LogP contribution in [0.4, 0.5) is 0 Å². The second kappa shape index (κ2) is 2.71. The third-order valence-electron chi connectivity index (χ3n) is 1.68. The Bertz CT molecular complexity index is 437. The average Bonchev–Trinajstić information content (AvgIpc) is 2.29. The van der Waals surface area contributed by atoms with Crippen molar-refractivity contribution in [1.29, 1.82) is 0 Å². The molecule has 0 saturated carbocycles.